The van der Waals surface area contributed by atoms with Gasteiger partial charge in [0.15, 0.2) is 0 Å². The Morgan fingerprint density at radius 2 is 2.50 bits per heavy atom. The van der Waals surface area contributed by atoms with Crippen LogP contribution < -0.4 is 5.32 Å². The fourth-order valence-electron chi connectivity index (χ4n) is 2.34. The van der Waals surface area contributed by atoms with Crippen LogP contribution in [0.5, 0.6) is 0 Å². The van der Waals surface area contributed by atoms with Gasteiger partial charge < -0.3 is 5.32 Å². The van der Waals surface area contributed by atoms with Crippen molar-refractivity contribution in [2.24, 2.45) is 5.92 Å². The van der Waals surface area contributed by atoms with Crippen LogP contribution in [0.1, 0.15) is 26.2 Å². The first-order valence-corrected chi connectivity index (χ1v) is 5.93. The van der Waals surface area contributed by atoms with Crippen LogP contribution in [0.25, 0.3) is 0 Å². The second-order valence-electron chi connectivity index (χ2n) is 4.75. The largest absolute Gasteiger partial charge is 0.316 e. The molecule has 0 radical (unpaired) electrons. The predicted molar refractivity (Wildman–Crippen MR) is 60.4 cm³/mol. The number of nitrogens with zero attached hydrogens (tertiary/aromatic N) is 1. The number of hydrogen-bond donors (Lipinski definition) is 1. The smallest absolute Gasteiger partial charge is 0.0165 e. The van der Waals surface area contributed by atoms with Crippen molar-refractivity contribution in [2.75, 3.05) is 32.7 Å². The highest BCUT2D eigenvalue weighted by atomic mass is 15.1. The highest BCUT2D eigenvalue weighted by Crippen LogP contribution is 2.15. The van der Waals surface area contributed by atoms with Gasteiger partial charge in [0.05, 0.1) is 0 Å². The average Bonchev–Trinajstić information content (AvgIpc) is 2.70. The van der Waals surface area contributed by atoms with Gasteiger partial charge in [0, 0.05) is 13.1 Å². The minimum absolute atomic E-state index is 0.946. The van der Waals surface area contributed by atoms with Crippen LogP contribution >= 0.6 is 0 Å². The van der Waals surface area contributed by atoms with Crippen LogP contribution in [0.2, 0.25) is 0 Å². The van der Waals surface area contributed by atoms with Crippen LogP contribution in [0, 0.1) is 5.92 Å². The molecule has 0 aromatic rings. The van der Waals surface area contributed by atoms with E-state index in [4.69, 9.17) is 0 Å². The summed E-state index contributed by atoms with van der Waals surface area (Å²) in [7, 11) is 0. The Labute approximate surface area is 87.4 Å². The topological polar surface area (TPSA) is 15.3 Å². The lowest BCUT2D eigenvalue weighted by Crippen LogP contribution is -2.30. The predicted octanol–water partition coefficient (Wildman–Crippen LogP) is 1.64. The van der Waals surface area contributed by atoms with Gasteiger partial charge in [-0.05, 0) is 51.7 Å². The molecule has 0 spiro atoms. The van der Waals surface area contributed by atoms with Crippen molar-refractivity contribution in [1.82, 2.24) is 10.2 Å². The Hall–Kier alpha value is -0.340. The summed E-state index contributed by atoms with van der Waals surface area (Å²) in [5.41, 5.74) is 1.57. The third-order valence-electron chi connectivity index (χ3n) is 3.54. The molecular formula is C12H22N2. The Morgan fingerprint density at radius 1 is 1.57 bits per heavy atom. The molecule has 2 aliphatic rings. The lowest BCUT2D eigenvalue weighted by atomic mass is 10.0. The van der Waals surface area contributed by atoms with Crippen LogP contribution in [0.3, 0.4) is 0 Å². The molecule has 0 saturated carbocycles. The summed E-state index contributed by atoms with van der Waals surface area (Å²) < 4.78 is 0. The Morgan fingerprint density at radius 3 is 3.14 bits per heavy atom. The SMILES string of the molecule is CC1=CCN(CCC2CCNC2)CC1. The maximum Gasteiger partial charge on any atom is 0.0165 e. The molecule has 2 heterocycles. The highest BCUT2D eigenvalue weighted by Gasteiger charge is 2.16. The summed E-state index contributed by atoms with van der Waals surface area (Å²) in [4.78, 5) is 2.59. The van der Waals surface area contributed by atoms with Crippen LogP contribution in [-0.2, 0) is 0 Å². The second-order valence-corrected chi connectivity index (χ2v) is 4.75. The van der Waals surface area contributed by atoms with E-state index in [1.807, 2.05) is 0 Å². The molecule has 1 fully saturated rings. The van der Waals surface area contributed by atoms with Gasteiger partial charge in [-0.1, -0.05) is 11.6 Å². The molecule has 0 aliphatic carbocycles. The fourth-order valence-corrected chi connectivity index (χ4v) is 2.34. The van der Waals surface area contributed by atoms with E-state index in [0.29, 0.717) is 0 Å². The molecule has 14 heavy (non-hydrogen) atoms. The molecule has 1 N–H and O–H groups in total. The van der Waals surface area contributed by atoms with Crippen LogP contribution in [-0.4, -0.2) is 37.6 Å². The molecule has 0 amide bonds. The van der Waals surface area contributed by atoms with E-state index in [-0.39, 0.29) is 0 Å². The van der Waals surface area contributed by atoms with Gasteiger partial charge in [0.2, 0.25) is 0 Å². The van der Waals surface area contributed by atoms with E-state index in [0.717, 1.165) is 5.92 Å². The van der Waals surface area contributed by atoms with Crippen molar-refractivity contribution in [2.45, 2.75) is 26.2 Å². The first-order chi connectivity index (χ1) is 6.84. The van der Waals surface area contributed by atoms with E-state index in [9.17, 15) is 0 Å². The van der Waals surface area contributed by atoms with E-state index < -0.39 is 0 Å². The highest BCUT2D eigenvalue weighted by molar-refractivity contribution is 5.03. The molecule has 2 heteroatoms. The maximum absolute atomic E-state index is 3.44. The summed E-state index contributed by atoms with van der Waals surface area (Å²) in [6, 6.07) is 0. The first-order valence-electron chi connectivity index (χ1n) is 5.93. The lowest BCUT2D eigenvalue weighted by Gasteiger charge is -2.26. The zero-order chi connectivity index (χ0) is 9.80. The van der Waals surface area contributed by atoms with Crippen molar-refractivity contribution < 1.29 is 0 Å². The summed E-state index contributed by atoms with van der Waals surface area (Å²) in [6.07, 6.45) is 6.45. The van der Waals surface area contributed by atoms with Gasteiger partial charge >= 0.3 is 0 Å². The summed E-state index contributed by atoms with van der Waals surface area (Å²) in [6.45, 7) is 8.51. The van der Waals surface area contributed by atoms with Crippen LogP contribution in [0.15, 0.2) is 11.6 Å². The van der Waals surface area contributed by atoms with Crippen LogP contribution in [0.4, 0.5) is 0 Å². The van der Waals surface area contributed by atoms with E-state index in [1.165, 1.54) is 52.0 Å². The monoisotopic (exact) mass is 194 g/mol. The average molecular weight is 194 g/mol. The van der Waals surface area contributed by atoms with E-state index in [1.54, 1.807) is 5.57 Å². The first kappa shape index (κ1) is 10.2. The molecule has 1 unspecified atom stereocenters. The molecule has 80 valence electrons. The van der Waals surface area contributed by atoms with Gasteiger partial charge in [-0.2, -0.15) is 0 Å². The van der Waals surface area contributed by atoms with Gasteiger partial charge in [0.25, 0.3) is 0 Å². The number of nitrogens with one attached hydrogen (secondary N) is 1. The summed E-state index contributed by atoms with van der Waals surface area (Å²) in [5, 5.41) is 3.44. The molecule has 0 aromatic heterocycles. The lowest BCUT2D eigenvalue weighted by molar-refractivity contribution is 0.271. The number of hydrogen-bond acceptors (Lipinski definition) is 2. The molecule has 1 saturated heterocycles. The maximum atomic E-state index is 3.44. The van der Waals surface area contributed by atoms with Crippen molar-refractivity contribution in [1.29, 1.82) is 0 Å². The fraction of sp³-hybridized carbons (Fsp3) is 0.833. The van der Waals surface area contributed by atoms with Crippen molar-refractivity contribution in [3.63, 3.8) is 0 Å². The molecule has 0 bridgehead atoms. The van der Waals surface area contributed by atoms with Crippen molar-refractivity contribution in [3.05, 3.63) is 11.6 Å². The molecule has 1 atom stereocenters. The third kappa shape index (κ3) is 2.82. The van der Waals surface area contributed by atoms with E-state index in [2.05, 4.69) is 23.2 Å². The van der Waals surface area contributed by atoms with Crippen molar-refractivity contribution >= 4 is 0 Å². The quantitative estimate of drug-likeness (QED) is 0.687. The minimum Gasteiger partial charge on any atom is -0.316 e. The second kappa shape index (κ2) is 4.94. The Bertz CT molecular complexity index is 204. The van der Waals surface area contributed by atoms with Gasteiger partial charge in [-0.3, -0.25) is 4.90 Å². The molecule has 0 aromatic carbocycles. The Balaban J connectivity index is 1.66. The standard InChI is InChI=1S/C12H22N2/c1-11-3-7-14(8-4-11)9-5-12-2-6-13-10-12/h3,12-13H,2,4-10H2,1H3. The van der Waals surface area contributed by atoms with Gasteiger partial charge in [-0.25, -0.2) is 0 Å². The molecule has 2 aliphatic heterocycles. The summed E-state index contributed by atoms with van der Waals surface area (Å²) in [5.74, 6) is 0.946. The number of rotatable bonds is 3. The third-order valence-corrected chi connectivity index (χ3v) is 3.54. The molecule has 2 rings (SSSR count). The molecule has 2 nitrogen and oxygen atoms in total. The zero-order valence-electron chi connectivity index (χ0n) is 9.26. The van der Waals surface area contributed by atoms with Crippen molar-refractivity contribution in [3.8, 4) is 0 Å². The van der Waals surface area contributed by atoms with E-state index >= 15 is 0 Å². The summed E-state index contributed by atoms with van der Waals surface area (Å²) >= 11 is 0. The Kier molecular flexibility index (Phi) is 3.60. The van der Waals surface area contributed by atoms with Gasteiger partial charge in [-0.15, -0.1) is 0 Å². The zero-order valence-corrected chi connectivity index (χ0v) is 9.26. The molecular weight excluding hydrogens is 172 g/mol. The van der Waals surface area contributed by atoms with Gasteiger partial charge in [0.1, 0.15) is 0 Å². The minimum atomic E-state index is 0.946. The normalized spacial score (nSPS) is 29.2.